The first-order valence-corrected chi connectivity index (χ1v) is 4.69. The molecule has 0 nitrogen and oxygen atoms in total. The minimum absolute atomic E-state index is 0. The van der Waals surface area contributed by atoms with Gasteiger partial charge in [0.1, 0.15) is 0 Å². The van der Waals surface area contributed by atoms with Crippen LogP contribution in [0.3, 0.4) is 0 Å². The van der Waals surface area contributed by atoms with Gasteiger partial charge in [0.2, 0.25) is 0 Å². The van der Waals surface area contributed by atoms with Crippen LogP contribution in [0, 0.1) is 0 Å². The maximum atomic E-state index is 2.20. The molecule has 0 saturated carbocycles. The van der Waals surface area contributed by atoms with E-state index in [2.05, 4.69) is 38.1 Å². The summed E-state index contributed by atoms with van der Waals surface area (Å²) >= 11 is 0. The minimum Gasteiger partial charge on any atom is -0.748 e. The Morgan fingerprint density at radius 3 is 1.43 bits per heavy atom. The van der Waals surface area contributed by atoms with Crippen LogP contribution in [0.4, 0.5) is 0 Å². The zero-order valence-electron chi connectivity index (χ0n) is 8.63. The van der Waals surface area contributed by atoms with Crippen molar-refractivity contribution in [2.45, 2.75) is 19.8 Å². The van der Waals surface area contributed by atoms with Crippen LogP contribution in [0.2, 0.25) is 0 Å². The molecule has 0 fully saturated rings. The second-order valence-electron chi connectivity index (χ2n) is 3.34. The van der Waals surface area contributed by atoms with E-state index in [1.807, 2.05) is 30.3 Å². The third-order valence-electron chi connectivity index (χ3n) is 1.91. The van der Waals surface area contributed by atoms with Crippen LogP contribution in [0.1, 0.15) is 25.3 Å². The first-order valence-electron chi connectivity index (χ1n) is 4.69. The van der Waals surface area contributed by atoms with Crippen molar-refractivity contribution in [2.75, 3.05) is 0 Å². The molecule has 2 aromatic rings. The van der Waals surface area contributed by atoms with Crippen LogP contribution in [0.5, 0.6) is 0 Å². The van der Waals surface area contributed by atoms with Crippen molar-refractivity contribution < 1.29 is 19.5 Å². The standard InChI is InChI=1S/C8H11.C5H5.Ru/c1-7(2)8-5-3-4-6-8;1-2-4-5-3-1;/h3-7H,1-2H3;1-5H;/q-1;-5;. The quantitative estimate of drug-likeness (QED) is 0.545. The van der Waals surface area contributed by atoms with Gasteiger partial charge in [0, 0.05) is 19.5 Å². The molecule has 0 amide bonds. The molecule has 0 bridgehead atoms. The van der Waals surface area contributed by atoms with Gasteiger partial charge in [-0.3, -0.25) is 0 Å². The molecule has 1 heteroatoms. The van der Waals surface area contributed by atoms with E-state index in [4.69, 9.17) is 0 Å². The van der Waals surface area contributed by atoms with Crippen LogP contribution < -0.4 is 0 Å². The van der Waals surface area contributed by atoms with Crippen molar-refractivity contribution in [3.63, 3.8) is 0 Å². The minimum atomic E-state index is 0. The molecule has 0 spiro atoms. The van der Waals surface area contributed by atoms with E-state index in [-0.39, 0.29) is 19.5 Å². The van der Waals surface area contributed by atoms with E-state index in [1.54, 1.807) is 0 Å². The molecule has 0 atom stereocenters. The topological polar surface area (TPSA) is 0 Å². The van der Waals surface area contributed by atoms with Crippen molar-refractivity contribution in [3.8, 4) is 0 Å². The summed E-state index contributed by atoms with van der Waals surface area (Å²) in [6, 6.07) is 18.5. The van der Waals surface area contributed by atoms with Gasteiger partial charge in [-0.1, -0.05) is 19.8 Å². The first-order chi connectivity index (χ1) is 6.30. The monoisotopic (exact) mass is 274 g/mol. The average Bonchev–Trinajstić information content (AvgIpc) is 2.82. The maximum absolute atomic E-state index is 2.20. The number of hydrogen-bond donors (Lipinski definition) is 0. The van der Waals surface area contributed by atoms with Gasteiger partial charge in [-0.25, -0.2) is 12.1 Å². The van der Waals surface area contributed by atoms with Gasteiger partial charge >= 0.3 is 0 Å². The fourth-order valence-electron chi connectivity index (χ4n) is 1.09. The van der Waals surface area contributed by atoms with Gasteiger partial charge in [0.15, 0.2) is 0 Å². The van der Waals surface area contributed by atoms with Crippen molar-refractivity contribution in [1.29, 1.82) is 0 Å². The zero-order chi connectivity index (χ0) is 9.52. The summed E-state index contributed by atoms with van der Waals surface area (Å²) in [6.07, 6.45) is 0. The van der Waals surface area contributed by atoms with Crippen molar-refractivity contribution in [2.24, 2.45) is 0 Å². The molecule has 0 unspecified atom stereocenters. The molecule has 0 aliphatic rings. The van der Waals surface area contributed by atoms with E-state index in [1.165, 1.54) is 5.56 Å². The summed E-state index contributed by atoms with van der Waals surface area (Å²) in [6.45, 7) is 4.41. The SMILES string of the molecule is CC(C)[c-]1cccc1.[Ru].[cH-]1[cH-][cH-][cH-][cH-]1. The summed E-state index contributed by atoms with van der Waals surface area (Å²) < 4.78 is 0. The van der Waals surface area contributed by atoms with E-state index in [9.17, 15) is 0 Å². The molecule has 0 aromatic heterocycles. The summed E-state index contributed by atoms with van der Waals surface area (Å²) in [5.74, 6) is 0.685. The predicted molar refractivity (Wildman–Crippen MR) is 58.2 cm³/mol. The molecule has 14 heavy (non-hydrogen) atoms. The Labute approximate surface area is 99.5 Å². The smallest absolute Gasteiger partial charge is 0 e. The Morgan fingerprint density at radius 2 is 1.21 bits per heavy atom. The number of rotatable bonds is 1. The first kappa shape index (κ1) is 13.3. The summed E-state index contributed by atoms with van der Waals surface area (Å²) in [4.78, 5) is 0. The Bertz CT molecular complexity index is 260. The third kappa shape index (κ3) is 5.14. The van der Waals surface area contributed by atoms with Crippen LogP contribution in [-0.4, -0.2) is 0 Å². The molecular formula is C13H16Ru-6. The Hall–Kier alpha value is -0.677. The Morgan fingerprint density at radius 1 is 0.857 bits per heavy atom. The zero-order valence-corrected chi connectivity index (χ0v) is 10.4. The molecule has 0 saturated heterocycles. The van der Waals surface area contributed by atoms with Crippen LogP contribution in [0.15, 0.2) is 54.6 Å². The molecule has 0 aliphatic heterocycles. The third-order valence-corrected chi connectivity index (χ3v) is 1.91. The van der Waals surface area contributed by atoms with E-state index < -0.39 is 0 Å². The van der Waals surface area contributed by atoms with Gasteiger partial charge in [-0.15, -0.1) is 0 Å². The summed E-state index contributed by atoms with van der Waals surface area (Å²) in [5.41, 5.74) is 1.44. The summed E-state index contributed by atoms with van der Waals surface area (Å²) in [7, 11) is 0. The maximum Gasteiger partial charge on any atom is 0 e. The van der Waals surface area contributed by atoms with E-state index >= 15 is 0 Å². The van der Waals surface area contributed by atoms with Crippen LogP contribution in [-0.2, 0) is 19.5 Å². The normalized spacial score (nSPS) is 8.79. The fraction of sp³-hybridized carbons (Fsp3) is 0.231. The van der Waals surface area contributed by atoms with Gasteiger partial charge < -0.3 is 30.3 Å². The Balaban J connectivity index is 0.000000246. The molecule has 2 rings (SSSR count). The fourth-order valence-corrected chi connectivity index (χ4v) is 1.09. The Kier molecular flexibility index (Phi) is 7.33. The second-order valence-corrected chi connectivity index (χ2v) is 3.34. The van der Waals surface area contributed by atoms with Crippen LogP contribution in [0.25, 0.3) is 0 Å². The van der Waals surface area contributed by atoms with Gasteiger partial charge in [0.05, 0.1) is 0 Å². The molecule has 0 N–H and O–H groups in total. The van der Waals surface area contributed by atoms with Crippen molar-refractivity contribution >= 4 is 0 Å². The van der Waals surface area contributed by atoms with Crippen molar-refractivity contribution in [3.05, 3.63) is 60.2 Å². The van der Waals surface area contributed by atoms with Gasteiger partial charge in [0.25, 0.3) is 0 Å². The summed E-state index contributed by atoms with van der Waals surface area (Å²) in [5, 5.41) is 0. The molecule has 82 valence electrons. The number of hydrogen-bond acceptors (Lipinski definition) is 0. The van der Waals surface area contributed by atoms with Crippen LogP contribution >= 0.6 is 0 Å². The largest absolute Gasteiger partial charge is 0.748 e. The van der Waals surface area contributed by atoms with Gasteiger partial charge in [-0.2, -0.15) is 17.7 Å². The van der Waals surface area contributed by atoms with Crippen molar-refractivity contribution in [1.82, 2.24) is 0 Å². The molecular weight excluding hydrogens is 257 g/mol. The van der Waals surface area contributed by atoms with E-state index in [0.29, 0.717) is 5.92 Å². The predicted octanol–water partition coefficient (Wildman–Crippen LogP) is 3.93. The van der Waals surface area contributed by atoms with Gasteiger partial charge in [-0.05, 0) is 0 Å². The second kappa shape index (κ2) is 7.70. The molecule has 2 aromatic carbocycles. The molecule has 0 heterocycles. The molecule has 0 aliphatic carbocycles. The van der Waals surface area contributed by atoms with E-state index in [0.717, 1.165) is 0 Å². The molecule has 0 radical (unpaired) electrons. The average molecular weight is 273 g/mol.